The number of nitrogens with one attached hydrogen (secondary N) is 1. The van der Waals surface area contributed by atoms with Crippen molar-refractivity contribution in [2.75, 3.05) is 19.0 Å². The molecule has 136 valence electrons. The summed E-state index contributed by atoms with van der Waals surface area (Å²) in [7, 11) is 1.54. The smallest absolute Gasteiger partial charge is 0.316 e. The van der Waals surface area contributed by atoms with Gasteiger partial charge in [-0.05, 0) is 26.3 Å². The first-order chi connectivity index (χ1) is 12.5. The Morgan fingerprint density at radius 1 is 1.27 bits per heavy atom. The first-order valence-electron chi connectivity index (χ1n) is 8.51. The van der Waals surface area contributed by atoms with E-state index in [-0.39, 0.29) is 6.61 Å². The van der Waals surface area contributed by atoms with Gasteiger partial charge in [-0.25, -0.2) is 4.98 Å². The highest BCUT2D eigenvalue weighted by Gasteiger charge is 2.23. The van der Waals surface area contributed by atoms with Crippen LogP contribution in [-0.4, -0.2) is 38.3 Å². The van der Waals surface area contributed by atoms with Gasteiger partial charge in [0.25, 0.3) is 0 Å². The Hall–Kier alpha value is -2.38. The van der Waals surface area contributed by atoms with E-state index in [1.54, 1.807) is 7.11 Å². The molecule has 0 aliphatic carbocycles. The van der Waals surface area contributed by atoms with Gasteiger partial charge in [-0.1, -0.05) is 11.6 Å². The van der Waals surface area contributed by atoms with Crippen molar-refractivity contribution in [2.24, 2.45) is 0 Å². The maximum Gasteiger partial charge on any atom is 0.316 e. The van der Waals surface area contributed by atoms with Gasteiger partial charge in [0.05, 0.1) is 35.6 Å². The van der Waals surface area contributed by atoms with Crippen molar-refractivity contribution in [1.29, 1.82) is 0 Å². The Labute approximate surface area is 156 Å². The lowest BCUT2D eigenvalue weighted by molar-refractivity contribution is 0.283. The number of ether oxygens (including phenoxy) is 1. The Morgan fingerprint density at radius 2 is 2.00 bits per heavy atom. The normalized spacial score (nSPS) is 13.6. The number of hydrogen-bond donors (Lipinski definition) is 2. The van der Waals surface area contributed by atoms with Crippen molar-refractivity contribution < 1.29 is 9.84 Å². The molecule has 1 aliphatic heterocycles. The Bertz CT molecular complexity index is 992. The average Bonchev–Trinajstić information content (AvgIpc) is 3.03. The van der Waals surface area contributed by atoms with Crippen molar-refractivity contribution in [1.82, 2.24) is 19.5 Å². The molecule has 0 fully saturated rings. The number of anilines is 1. The third kappa shape index (κ3) is 2.50. The van der Waals surface area contributed by atoms with Crippen molar-refractivity contribution in [3.8, 4) is 17.1 Å². The third-order valence-corrected chi connectivity index (χ3v) is 5.13. The highest BCUT2D eigenvalue weighted by molar-refractivity contribution is 6.38. The quantitative estimate of drug-likeness (QED) is 0.733. The minimum absolute atomic E-state index is 0.0963. The van der Waals surface area contributed by atoms with Gasteiger partial charge in [0.15, 0.2) is 0 Å². The largest absolute Gasteiger partial charge is 0.467 e. The van der Waals surface area contributed by atoms with E-state index in [9.17, 15) is 5.11 Å². The van der Waals surface area contributed by atoms with Gasteiger partial charge in [-0.2, -0.15) is 9.97 Å². The number of benzene rings is 1. The van der Waals surface area contributed by atoms with Gasteiger partial charge in [-0.15, -0.1) is 0 Å². The number of aliphatic hydroxyl groups is 1. The van der Waals surface area contributed by atoms with E-state index in [1.165, 1.54) is 0 Å². The number of imidazole rings is 1. The number of fused-ring (bicyclic) bond motifs is 3. The first kappa shape index (κ1) is 17.1. The van der Waals surface area contributed by atoms with E-state index in [2.05, 4.69) is 24.8 Å². The lowest BCUT2D eigenvalue weighted by Gasteiger charge is -2.18. The molecule has 7 nitrogen and oxygen atoms in total. The lowest BCUT2D eigenvalue weighted by Crippen LogP contribution is -2.17. The zero-order valence-electron chi connectivity index (χ0n) is 14.9. The lowest BCUT2D eigenvalue weighted by atomic mass is 9.99. The summed E-state index contributed by atoms with van der Waals surface area (Å²) in [6, 6.07) is 2.24. The van der Waals surface area contributed by atoms with E-state index in [0.717, 1.165) is 59.1 Å². The van der Waals surface area contributed by atoms with Crippen molar-refractivity contribution in [3.63, 3.8) is 0 Å². The van der Waals surface area contributed by atoms with Gasteiger partial charge >= 0.3 is 6.01 Å². The monoisotopic (exact) mass is 373 g/mol. The molecule has 3 aromatic rings. The molecular formula is C18H20ClN5O2. The molecule has 0 spiro atoms. The number of nitrogens with zero attached hydrogens (tertiary/aromatic N) is 4. The van der Waals surface area contributed by atoms with Crippen LogP contribution in [0.5, 0.6) is 6.01 Å². The molecule has 8 heteroatoms. The van der Waals surface area contributed by atoms with Gasteiger partial charge in [0.2, 0.25) is 5.95 Å². The minimum atomic E-state index is -0.0963. The molecule has 1 aromatic carbocycles. The molecule has 2 aromatic heterocycles. The predicted molar refractivity (Wildman–Crippen MR) is 101 cm³/mol. The van der Waals surface area contributed by atoms with Crippen LogP contribution in [0.1, 0.15) is 23.4 Å². The van der Waals surface area contributed by atoms with Crippen molar-refractivity contribution in [2.45, 2.75) is 33.4 Å². The topological polar surface area (TPSA) is 85.1 Å². The SMILES string of the molecule is COc1nc(C)c(-c2cc(CO)c3c(nc4n3CCCN4)c2Cl)c(C)n1. The molecule has 2 N–H and O–H groups in total. The molecule has 0 saturated carbocycles. The number of aliphatic hydroxyl groups excluding tert-OH is 1. The van der Waals surface area contributed by atoms with Crippen LogP contribution in [0, 0.1) is 13.8 Å². The number of rotatable bonds is 3. The number of aryl methyl sites for hydroxylation is 3. The fourth-order valence-electron chi connectivity index (χ4n) is 3.62. The van der Waals surface area contributed by atoms with Crippen LogP contribution in [0.4, 0.5) is 5.95 Å². The molecule has 3 heterocycles. The van der Waals surface area contributed by atoms with Gasteiger partial charge in [0, 0.05) is 29.8 Å². The number of hydrogen-bond acceptors (Lipinski definition) is 6. The molecule has 0 amide bonds. The standard InChI is InChI=1S/C18H20ClN5O2/c1-9-13(10(2)22-18(21-9)26-3)12-7-11(8-25)16-15(14(12)19)23-17-20-5-4-6-24(16)17/h7,25H,4-6,8H2,1-3H3,(H,20,23). The second-order valence-corrected chi connectivity index (χ2v) is 6.75. The first-order valence-corrected chi connectivity index (χ1v) is 8.89. The Balaban J connectivity index is 2.02. The number of halogens is 1. The van der Waals surface area contributed by atoms with Crippen LogP contribution in [0.2, 0.25) is 5.02 Å². The predicted octanol–water partition coefficient (Wildman–Crippen LogP) is 3.08. The maximum atomic E-state index is 9.98. The van der Waals surface area contributed by atoms with E-state index >= 15 is 0 Å². The molecule has 26 heavy (non-hydrogen) atoms. The molecule has 4 rings (SSSR count). The Kier molecular flexibility index (Phi) is 4.20. The van der Waals surface area contributed by atoms with Gasteiger partial charge in [0.1, 0.15) is 5.52 Å². The third-order valence-electron chi connectivity index (χ3n) is 4.75. The summed E-state index contributed by atoms with van der Waals surface area (Å²) in [6.45, 7) is 5.43. The molecule has 0 bridgehead atoms. The molecule has 0 unspecified atom stereocenters. The van der Waals surface area contributed by atoms with E-state index in [0.29, 0.717) is 16.5 Å². The van der Waals surface area contributed by atoms with Crippen molar-refractivity contribution in [3.05, 3.63) is 28.0 Å². The second-order valence-electron chi connectivity index (χ2n) is 6.38. The minimum Gasteiger partial charge on any atom is -0.467 e. The molecule has 0 radical (unpaired) electrons. The van der Waals surface area contributed by atoms with Crippen LogP contribution in [0.3, 0.4) is 0 Å². The molecule has 0 saturated heterocycles. The highest BCUT2D eigenvalue weighted by Crippen LogP contribution is 2.40. The van der Waals surface area contributed by atoms with Crippen LogP contribution in [0.25, 0.3) is 22.2 Å². The number of aromatic nitrogens is 4. The van der Waals surface area contributed by atoms with Crippen molar-refractivity contribution >= 4 is 28.6 Å². The second kappa shape index (κ2) is 6.41. The summed E-state index contributed by atoms with van der Waals surface area (Å²) in [5.41, 5.74) is 5.50. The van der Waals surface area contributed by atoms with Crippen LogP contribution >= 0.6 is 11.6 Å². The van der Waals surface area contributed by atoms with Crippen LogP contribution in [0.15, 0.2) is 6.07 Å². The number of methoxy groups -OCH3 is 1. The molecule has 1 aliphatic rings. The zero-order chi connectivity index (χ0) is 18.4. The maximum absolute atomic E-state index is 9.98. The van der Waals surface area contributed by atoms with E-state index in [1.807, 2.05) is 19.9 Å². The summed E-state index contributed by atoms with van der Waals surface area (Å²) in [5.74, 6) is 0.791. The Morgan fingerprint density at radius 3 is 2.65 bits per heavy atom. The van der Waals surface area contributed by atoms with Gasteiger partial charge in [-0.3, -0.25) is 0 Å². The molecule has 0 atom stereocenters. The average molecular weight is 374 g/mol. The van der Waals surface area contributed by atoms with Gasteiger partial charge < -0.3 is 19.7 Å². The summed E-state index contributed by atoms with van der Waals surface area (Å²) >= 11 is 6.77. The molecular weight excluding hydrogens is 354 g/mol. The summed E-state index contributed by atoms with van der Waals surface area (Å²) in [5, 5.41) is 13.8. The van der Waals surface area contributed by atoms with Crippen LogP contribution in [-0.2, 0) is 13.2 Å². The highest BCUT2D eigenvalue weighted by atomic mass is 35.5. The fraction of sp³-hybridized carbons (Fsp3) is 0.389. The summed E-state index contributed by atoms with van der Waals surface area (Å²) in [6.07, 6.45) is 1.01. The van der Waals surface area contributed by atoms with E-state index in [4.69, 9.17) is 16.3 Å². The summed E-state index contributed by atoms with van der Waals surface area (Å²) in [4.78, 5) is 13.4. The summed E-state index contributed by atoms with van der Waals surface area (Å²) < 4.78 is 7.24. The van der Waals surface area contributed by atoms with Crippen LogP contribution < -0.4 is 10.1 Å². The van der Waals surface area contributed by atoms with E-state index < -0.39 is 0 Å². The zero-order valence-corrected chi connectivity index (χ0v) is 15.7. The fourth-order valence-corrected chi connectivity index (χ4v) is 3.90.